The molecule has 132 valence electrons. The first-order chi connectivity index (χ1) is 10.5. The first-order valence-corrected chi connectivity index (χ1v) is 7.75. The normalized spacial score (nSPS) is 20.8. The summed E-state index contributed by atoms with van der Waals surface area (Å²) in [5.74, 6) is 0.554. The predicted molar refractivity (Wildman–Crippen MR) is 103 cm³/mol. The molecule has 0 spiro atoms. The molecule has 1 aliphatic heterocycles. The van der Waals surface area contributed by atoms with Gasteiger partial charge in [0.25, 0.3) is 5.91 Å². The van der Waals surface area contributed by atoms with Crippen molar-refractivity contribution in [2.45, 2.75) is 39.2 Å². The quantitative estimate of drug-likeness (QED) is 0.134. The second kappa shape index (κ2) is 10.5. The average Bonchev–Trinajstić information content (AvgIpc) is 2.72. The summed E-state index contributed by atoms with van der Waals surface area (Å²) in [7, 11) is 0. The highest BCUT2D eigenvalue weighted by molar-refractivity contribution is 14.0. The van der Waals surface area contributed by atoms with Crippen molar-refractivity contribution >= 4 is 41.9 Å². The molecular weight excluding hydrogens is 409 g/mol. The Bertz CT molecular complexity index is 455. The van der Waals surface area contributed by atoms with Gasteiger partial charge in [-0.2, -0.15) is 0 Å². The van der Waals surface area contributed by atoms with Crippen molar-refractivity contribution in [1.82, 2.24) is 20.9 Å². The lowest BCUT2D eigenvalue weighted by Crippen LogP contribution is -2.43. The van der Waals surface area contributed by atoms with E-state index in [1.807, 2.05) is 13.8 Å². The lowest BCUT2D eigenvalue weighted by atomic mass is 9.99. The number of hydrogen-bond donors (Lipinski definition) is 3. The second-order valence-corrected chi connectivity index (χ2v) is 5.36. The fraction of sp³-hybridized carbons (Fsp3) is 0.667. The van der Waals surface area contributed by atoms with Gasteiger partial charge < -0.3 is 16.0 Å². The van der Waals surface area contributed by atoms with E-state index in [0.717, 1.165) is 6.54 Å². The average molecular weight is 437 g/mol. The summed E-state index contributed by atoms with van der Waals surface area (Å²) in [5.41, 5.74) is -0.763. The molecule has 1 heterocycles. The molecular formula is C15H28IN5O2. The third-order valence-electron chi connectivity index (χ3n) is 3.62. The summed E-state index contributed by atoms with van der Waals surface area (Å²) in [6.45, 7) is 11.6. The first kappa shape index (κ1) is 21.7. The number of hydrogen-bond acceptors (Lipinski definition) is 3. The summed E-state index contributed by atoms with van der Waals surface area (Å²) < 4.78 is 0. The number of carbonyl (C=O) groups excluding carboxylic acids is 2. The van der Waals surface area contributed by atoms with Crippen LogP contribution in [0.1, 0.15) is 33.6 Å². The van der Waals surface area contributed by atoms with Gasteiger partial charge in [-0.3, -0.25) is 14.7 Å². The van der Waals surface area contributed by atoms with Crippen molar-refractivity contribution in [3.8, 4) is 0 Å². The van der Waals surface area contributed by atoms with Crippen LogP contribution in [0.3, 0.4) is 0 Å². The molecule has 0 aromatic heterocycles. The van der Waals surface area contributed by atoms with Gasteiger partial charge >= 0.3 is 6.03 Å². The zero-order chi connectivity index (χ0) is 16.6. The molecule has 1 unspecified atom stereocenters. The van der Waals surface area contributed by atoms with Crippen LogP contribution in [-0.4, -0.2) is 54.5 Å². The molecule has 0 radical (unpaired) electrons. The highest BCUT2D eigenvalue weighted by Gasteiger charge is 2.45. The molecule has 7 nitrogen and oxygen atoms in total. The van der Waals surface area contributed by atoms with Gasteiger partial charge in [-0.15, -0.1) is 30.6 Å². The van der Waals surface area contributed by atoms with Gasteiger partial charge in [0.2, 0.25) is 0 Å². The van der Waals surface area contributed by atoms with Crippen LogP contribution >= 0.6 is 24.0 Å². The molecule has 1 aliphatic rings. The molecule has 23 heavy (non-hydrogen) atoms. The minimum Gasteiger partial charge on any atom is -0.357 e. The van der Waals surface area contributed by atoms with Crippen molar-refractivity contribution in [1.29, 1.82) is 0 Å². The minimum absolute atomic E-state index is 0. The molecule has 3 N–H and O–H groups in total. The zero-order valence-corrected chi connectivity index (χ0v) is 16.5. The van der Waals surface area contributed by atoms with E-state index in [0.29, 0.717) is 38.4 Å². The van der Waals surface area contributed by atoms with E-state index >= 15 is 0 Å². The summed E-state index contributed by atoms with van der Waals surface area (Å²) >= 11 is 0. The van der Waals surface area contributed by atoms with E-state index in [1.165, 1.54) is 4.90 Å². The molecule has 0 aromatic carbocycles. The summed E-state index contributed by atoms with van der Waals surface area (Å²) in [5, 5.41) is 8.96. The molecule has 1 atom stereocenters. The van der Waals surface area contributed by atoms with Crippen LogP contribution < -0.4 is 16.0 Å². The first-order valence-electron chi connectivity index (χ1n) is 7.75. The third-order valence-corrected chi connectivity index (χ3v) is 3.62. The maximum atomic E-state index is 12.2. The van der Waals surface area contributed by atoms with Gasteiger partial charge in [-0.1, -0.05) is 13.0 Å². The van der Waals surface area contributed by atoms with Gasteiger partial charge in [0.15, 0.2) is 5.96 Å². The molecule has 8 heteroatoms. The molecule has 0 bridgehead atoms. The largest absolute Gasteiger partial charge is 0.357 e. The molecule has 1 fully saturated rings. The van der Waals surface area contributed by atoms with E-state index in [-0.39, 0.29) is 35.9 Å². The Morgan fingerprint density at radius 3 is 2.61 bits per heavy atom. The maximum Gasteiger partial charge on any atom is 0.325 e. The number of nitrogens with zero attached hydrogens (tertiary/aromatic N) is 2. The summed E-state index contributed by atoms with van der Waals surface area (Å²) in [6.07, 6.45) is 2.97. The van der Waals surface area contributed by atoms with Crippen molar-refractivity contribution in [2.24, 2.45) is 4.99 Å². The van der Waals surface area contributed by atoms with E-state index < -0.39 is 5.54 Å². The van der Waals surface area contributed by atoms with Crippen LogP contribution in [-0.2, 0) is 4.79 Å². The Morgan fingerprint density at radius 2 is 2.09 bits per heavy atom. The van der Waals surface area contributed by atoms with Crippen LogP contribution in [0.25, 0.3) is 0 Å². The molecule has 0 aromatic rings. The molecule has 0 aliphatic carbocycles. The van der Waals surface area contributed by atoms with Crippen LogP contribution in [0.5, 0.6) is 0 Å². The zero-order valence-electron chi connectivity index (χ0n) is 14.1. The Morgan fingerprint density at radius 1 is 1.39 bits per heavy atom. The van der Waals surface area contributed by atoms with E-state index in [1.54, 1.807) is 13.0 Å². The summed E-state index contributed by atoms with van der Waals surface area (Å²) in [6, 6.07) is -0.310. The van der Waals surface area contributed by atoms with E-state index in [9.17, 15) is 9.59 Å². The Kier molecular flexibility index (Phi) is 9.85. The third kappa shape index (κ3) is 6.00. The Hall–Kier alpha value is -1.32. The SMILES string of the molecule is C=CCNC(=NCCCN1C(=O)NC(C)(CC)C1=O)NCC.I. The minimum atomic E-state index is -0.763. The number of aliphatic imine (C=N–C) groups is 1. The number of guanidine groups is 1. The second-order valence-electron chi connectivity index (χ2n) is 5.36. The van der Waals surface area contributed by atoms with E-state index in [4.69, 9.17) is 0 Å². The number of imide groups is 1. The predicted octanol–water partition coefficient (Wildman–Crippen LogP) is 1.46. The number of carbonyl (C=O) groups is 2. The number of halogens is 1. The van der Waals surface area contributed by atoms with Crippen LogP contribution in [0.4, 0.5) is 4.79 Å². The molecule has 3 amide bonds. The fourth-order valence-electron chi connectivity index (χ4n) is 2.12. The highest BCUT2D eigenvalue weighted by Crippen LogP contribution is 2.20. The number of amides is 3. The lowest BCUT2D eigenvalue weighted by molar-refractivity contribution is -0.130. The number of urea groups is 1. The van der Waals surface area contributed by atoms with Gasteiger partial charge in [-0.05, 0) is 26.7 Å². The smallest absolute Gasteiger partial charge is 0.325 e. The molecule has 1 rings (SSSR count). The Labute approximate surface area is 155 Å². The van der Waals surface area contributed by atoms with Crippen molar-refractivity contribution in [2.75, 3.05) is 26.2 Å². The highest BCUT2D eigenvalue weighted by atomic mass is 127. The summed E-state index contributed by atoms with van der Waals surface area (Å²) in [4.78, 5) is 29.7. The van der Waals surface area contributed by atoms with Gasteiger partial charge in [0.1, 0.15) is 5.54 Å². The topological polar surface area (TPSA) is 85.8 Å². The van der Waals surface area contributed by atoms with Crippen LogP contribution in [0, 0.1) is 0 Å². The molecule has 0 saturated carbocycles. The van der Waals surface area contributed by atoms with Crippen molar-refractivity contribution in [3.05, 3.63) is 12.7 Å². The number of rotatable bonds is 8. The van der Waals surface area contributed by atoms with Crippen LogP contribution in [0.15, 0.2) is 17.6 Å². The lowest BCUT2D eigenvalue weighted by Gasteiger charge is -2.19. The van der Waals surface area contributed by atoms with Gasteiger partial charge in [0, 0.05) is 26.2 Å². The van der Waals surface area contributed by atoms with Crippen molar-refractivity contribution < 1.29 is 9.59 Å². The monoisotopic (exact) mass is 437 g/mol. The van der Waals surface area contributed by atoms with Crippen molar-refractivity contribution in [3.63, 3.8) is 0 Å². The Balaban J connectivity index is 0.00000484. The number of nitrogens with one attached hydrogen (secondary N) is 3. The maximum absolute atomic E-state index is 12.2. The van der Waals surface area contributed by atoms with Crippen LogP contribution in [0.2, 0.25) is 0 Å². The standard InChI is InChI=1S/C15H27N5O2.HI/c1-5-9-17-13(16-7-3)18-10-8-11-20-12(21)15(4,6-2)19-14(20)22;/h5H,1,6-11H2,2-4H3,(H,19,22)(H2,16,17,18);1H. The molecule has 1 saturated heterocycles. The van der Waals surface area contributed by atoms with E-state index in [2.05, 4.69) is 27.5 Å². The van der Waals surface area contributed by atoms with Gasteiger partial charge in [0.05, 0.1) is 0 Å². The van der Waals surface area contributed by atoms with Gasteiger partial charge in [-0.25, -0.2) is 4.79 Å². The fourth-order valence-corrected chi connectivity index (χ4v) is 2.12.